The molecule has 1 aromatic carbocycles. The fourth-order valence-corrected chi connectivity index (χ4v) is 2.30. The Morgan fingerprint density at radius 1 is 1.15 bits per heavy atom. The molecule has 3 nitrogen and oxygen atoms in total. The van der Waals surface area contributed by atoms with Crippen molar-refractivity contribution in [3.05, 3.63) is 47.7 Å². The molecule has 20 heavy (non-hydrogen) atoms. The van der Waals surface area contributed by atoms with Gasteiger partial charge in [0.25, 0.3) is 0 Å². The minimum atomic E-state index is 0.931. The number of benzene rings is 1. The summed E-state index contributed by atoms with van der Waals surface area (Å²) in [7, 11) is 2.09. The number of aromatic nitrogens is 1. The van der Waals surface area contributed by atoms with Crippen LogP contribution in [0.3, 0.4) is 0 Å². The van der Waals surface area contributed by atoms with E-state index in [0.717, 1.165) is 24.5 Å². The first-order valence-electron chi connectivity index (χ1n) is 7.12. The second-order valence-electron chi connectivity index (χ2n) is 5.18. The standard InChI is InChI=1S/C17H23N3/c1-5-9-18-17-12-15(8-10-19-17)20(4)16-7-6-13(2)11-14(16)3/h6-8,10-12H,5,9H2,1-4H3,(H,18,19). The SMILES string of the molecule is CCCNc1cc(N(C)c2ccc(C)cc2C)ccn1. The molecule has 0 atom stereocenters. The summed E-state index contributed by atoms with van der Waals surface area (Å²) in [5, 5.41) is 3.33. The molecule has 0 aliphatic carbocycles. The van der Waals surface area contributed by atoms with E-state index in [1.807, 2.05) is 12.3 Å². The smallest absolute Gasteiger partial charge is 0.127 e. The first-order chi connectivity index (χ1) is 9.61. The number of hydrogen-bond donors (Lipinski definition) is 1. The fraction of sp³-hybridized carbons (Fsp3) is 0.353. The molecule has 0 aliphatic heterocycles. The molecule has 0 amide bonds. The van der Waals surface area contributed by atoms with Crippen LogP contribution in [0.15, 0.2) is 36.5 Å². The molecule has 0 saturated heterocycles. The van der Waals surface area contributed by atoms with Crippen molar-refractivity contribution in [2.45, 2.75) is 27.2 Å². The zero-order valence-electron chi connectivity index (χ0n) is 12.8. The molecule has 2 rings (SSSR count). The van der Waals surface area contributed by atoms with Crippen LogP contribution in [0.4, 0.5) is 17.2 Å². The zero-order chi connectivity index (χ0) is 14.5. The Labute approximate surface area is 121 Å². The van der Waals surface area contributed by atoms with Crippen LogP contribution in [-0.4, -0.2) is 18.6 Å². The Bertz CT molecular complexity index is 578. The van der Waals surface area contributed by atoms with Crippen molar-refractivity contribution in [1.82, 2.24) is 4.98 Å². The van der Waals surface area contributed by atoms with Gasteiger partial charge in [0, 0.05) is 37.2 Å². The lowest BCUT2D eigenvalue weighted by molar-refractivity contribution is 0.968. The lowest BCUT2D eigenvalue weighted by atomic mass is 10.1. The third-order valence-electron chi connectivity index (χ3n) is 3.40. The van der Waals surface area contributed by atoms with E-state index in [1.165, 1.54) is 16.8 Å². The topological polar surface area (TPSA) is 28.2 Å². The highest BCUT2D eigenvalue weighted by Crippen LogP contribution is 2.28. The van der Waals surface area contributed by atoms with E-state index >= 15 is 0 Å². The highest BCUT2D eigenvalue weighted by molar-refractivity contribution is 5.67. The van der Waals surface area contributed by atoms with Crippen LogP contribution in [0.5, 0.6) is 0 Å². The van der Waals surface area contributed by atoms with Gasteiger partial charge in [0.15, 0.2) is 0 Å². The summed E-state index contributed by atoms with van der Waals surface area (Å²) in [6.45, 7) is 7.37. The van der Waals surface area contributed by atoms with Crippen molar-refractivity contribution in [2.24, 2.45) is 0 Å². The number of hydrogen-bond acceptors (Lipinski definition) is 3. The molecule has 0 radical (unpaired) electrons. The van der Waals surface area contributed by atoms with Crippen molar-refractivity contribution < 1.29 is 0 Å². The lowest BCUT2D eigenvalue weighted by Crippen LogP contribution is -2.12. The van der Waals surface area contributed by atoms with E-state index in [0.29, 0.717) is 0 Å². The highest BCUT2D eigenvalue weighted by Gasteiger charge is 2.08. The maximum Gasteiger partial charge on any atom is 0.127 e. The largest absolute Gasteiger partial charge is 0.370 e. The first kappa shape index (κ1) is 14.4. The van der Waals surface area contributed by atoms with Crippen LogP contribution in [0, 0.1) is 13.8 Å². The van der Waals surface area contributed by atoms with Gasteiger partial charge in [0.05, 0.1) is 0 Å². The summed E-state index contributed by atoms with van der Waals surface area (Å²) in [6.07, 6.45) is 2.95. The van der Waals surface area contributed by atoms with E-state index in [9.17, 15) is 0 Å². The quantitative estimate of drug-likeness (QED) is 0.877. The summed E-state index contributed by atoms with van der Waals surface area (Å²) < 4.78 is 0. The van der Waals surface area contributed by atoms with Crippen molar-refractivity contribution >= 4 is 17.2 Å². The second kappa shape index (κ2) is 6.42. The number of nitrogens with one attached hydrogen (secondary N) is 1. The van der Waals surface area contributed by atoms with Gasteiger partial charge in [-0.05, 0) is 38.0 Å². The number of pyridine rings is 1. The molecule has 0 saturated carbocycles. The summed E-state index contributed by atoms with van der Waals surface area (Å²) in [5.74, 6) is 0.931. The minimum absolute atomic E-state index is 0.931. The van der Waals surface area contributed by atoms with Crippen LogP contribution >= 0.6 is 0 Å². The molecule has 1 N–H and O–H groups in total. The fourth-order valence-electron chi connectivity index (χ4n) is 2.30. The average molecular weight is 269 g/mol. The van der Waals surface area contributed by atoms with Crippen molar-refractivity contribution in [3.63, 3.8) is 0 Å². The number of rotatable bonds is 5. The molecule has 1 heterocycles. The van der Waals surface area contributed by atoms with E-state index in [2.05, 4.69) is 67.3 Å². The number of aryl methyl sites for hydroxylation is 2. The Kier molecular flexibility index (Phi) is 4.61. The average Bonchev–Trinajstić information content (AvgIpc) is 2.45. The van der Waals surface area contributed by atoms with E-state index < -0.39 is 0 Å². The second-order valence-corrected chi connectivity index (χ2v) is 5.18. The summed E-state index contributed by atoms with van der Waals surface area (Å²) in [5.41, 5.74) is 4.95. The molecule has 0 bridgehead atoms. The van der Waals surface area contributed by atoms with Gasteiger partial charge < -0.3 is 10.2 Å². The molecule has 1 aromatic heterocycles. The monoisotopic (exact) mass is 269 g/mol. The highest BCUT2D eigenvalue weighted by atomic mass is 15.1. The third-order valence-corrected chi connectivity index (χ3v) is 3.40. The van der Waals surface area contributed by atoms with Gasteiger partial charge in [-0.3, -0.25) is 0 Å². The van der Waals surface area contributed by atoms with Crippen LogP contribution < -0.4 is 10.2 Å². The maximum absolute atomic E-state index is 4.35. The van der Waals surface area contributed by atoms with Crippen molar-refractivity contribution in [3.8, 4) is 0 Å². The summed E-state index contributed by atoms with van der Waals surface area (Å²) in [4.78, 5) is 6.55. The summed E-state index contributed by atoms with van der Waals surface area (Å²) in [6, 6.07) is 10.7. The molecule has 0 fully saturated rings. The van der Waals surface area contributed by atoms with Crippen molar-refractivity contribution in [1.29, 1.82) is 0 Å². The Balaban J connectivity index is 2.26. The Morgan fingerprint density at radius 2 is 1.95 bits per heavy atom. The number of anilines is 3. The van der Waals surface area contributed by atoms with E-state index in [4.69, 9.17) is 0 Å². The Morgan fingerprint density at radius 3 is 2.65 bits per heavy atom. The molecule has 3 heteroatoms. The first-order valence-corrected chi connectivity index (χ1v) is 7.12. The van der Waals surface area contributed by atoms with Gasteiger partial charge in [-0.25, -0.2) is 4.98 Å². The number of nitrogens with zero attached hydrogens (tertiary/aromatic N) is 2. The lowest BCUT2D eigenvalue weighted by Gasteiger charge is -2.22. The van der Waals surface area contributed by atoms with Gasteiger partial charge >= 0.3 is 0 Å². The predicted octanol–water partition coefficient (Wildman–Crippen LogP) is 4.29. The van der Waals surface area contributed by atoms with Crippen LogP contribution in [0.25, 0.3) is 0 Å². The summed E-state index contributed by atoms with van der Waals surface area (Å²) >= 11 is 0. The van der Waals surface area contributed by atoms with Gasteiger partial charge in [0.1, 0.15) is 5.82 Å². The van der Waals surface area contributed by atoms with Gasteiger partial charge in [-0.1, -0.05) is 24.6 Å². The van der Waals surface area contributed by atoms with Crippen LogP contribution in [0.2, 0.25) is 0 Å². The van der Waals surface area contributed by atoms with E-state index in [1.54, 1.807) is 0 Å². The predicted molar refractivity (Wildman–Crippen MR) is 87.0 cm³/mol. The molecule has 0 aliphatic rings. The normalized spacial score (nSPS) is 10.4. The molecule has 0 unspecified atom stereocenters. The minimum Gasteiger partial charge on any atom is -0.370 e. The molecular weight excluding hydrogens is 246 g/mol. The van der Waals surface area contributed by atoms with Gasteiger partial charge in [0.2, 0.25) is 0 Å². The zero-order valence-corrected chi connectivity index (χ0v) is 12.8. The Hall–Kier alpha value is -2.03. The van der Waals surface area contributed by atoms with E-state index in [-0.39, 0.29) is 0 Å². The molecule has 0 spiro atoms. The third kappa shape index (κ3) is 3.29. The maximum atomic E-state index is 4.35. The molecule has 2 aromatic rings. The van der Waals surface area contributed by atoms with Crippen molar-refractivity contribution in [2.75, 3.05) is 23.8 Å². The van der Waals surface area contributed by atoms with Crippen LogP contribution in [0.1, 0.15) is 24.5 Å². The van der Waals surface area contributed by atoms with Crippen LogP contribution in [-0.2, 0) is 0 Å². The van der Waals surface area contributed by atoms with Gasteiger partial charge in [-0.2, -0.15) is 0 Å². The molecule has 106 valence electrons. The molecular formula is C17H23N3. The van der Waals surface area contributed by atoms with Gasteiger partial charge in [-0.15, -0.1) is 0 Å².